The van der Waals surface area contributed by atoms with Crippen LogP contribution >= 0.6 is 0 Å². The number of aliphatic hydroxyl groups is 1. The first-order valence-electron chi connectivity index (χ1n) is 8.98. The van der Waals surface area contributed by atoms with Crippen LogP contribution in [0.4, 0.5) is 0 Å². The highest BCUT2D eigenvalue weighted by molar-refractivity contribution is 5.43. The van der Waals surface area contributed by atoms with Crippen LogP contribution in [0, 0.1) is 0 Å². The fraction of sp³-hybridized carbons (Fsp3) is 0.684. The van der Waals surface area contributed by atoms with E-state index in [2.05, 4.69) is 28.9 Å². The number of aliphatic hydroxyl groups excluding tert-OH is 1. The van der Waals surface area contributed by atoms with Gasteiger partial charge in [-0.25, -0.2) is 0 Å². The molecule has 2 rings (SSSR count). The van der Waals surface area contributed by atoms with E-state index in [0.29, 0.717) is 6.04 Å². The third-order valence-electron chi connectivity index (χ3n) is 4.60. The highest BCUT2D eigenvalue weighted by atomic mass is 16.5. The first-order valence-corrected chi connectivity index (χ1v) is 8.98. The fourth-order valence-electron chi connectivity index (χ4n) is 3.21. The molecule has 5 heteroatoms. The molecular formula is C19H32N2O3. The van der Waals surface area contributed by atoms with E-state index >= 15 is 0 Å². The summed E-state index contributed by atoms with van der Waals surface area (Å²) in [6.45, 7) is 11.4. The van der Waals surface area contributed by atoms with Crippen LogP contribution in [-0.2, 0) is 6.54 Å². The number of benzene rings is 1. The van der Waals surface area contributed by atoms with Gasteiger partial charge >= 0.3 is 0 Å². The number of hydrogen-bond donors (Lipinski definition) is 1. The molecule has 0 saturated carbocycles. The van der Waals surface area contributed by atoms with Crippen LogP contribution in [0.5, 0.6) is 11.5 Å². The second kappa shape index (κ2) is 9.25. The highest BCUT2D eigenvalue weighted by Crippen LogP contribution is 2.29. The SMILES string of the molecule is CCC(CO)N1CCN(Cc2ccc(OC(C)C)c(OC)c2)CC1. The molecule has 1 unspecified atom stereocenters. The summed E-state index contributed by atoms with van der Waals surface area (Å²) in [5.74, 6) is 1.60. The molecule has 1 aromatic carbocycles. The number of piperazine rings is 1. The van der Waals surface area contributed by atoms with Gasteiger partial charge in [0.05, 0.1) is 19.8 Å². The first-order chi connectivity index (χ1) is 11.6. The molecule has 0 aliphatic carbocycles. The van der Waals surface area contributed by atoms with Crippen LogP contribution < -0.4 is 9.47 Å². The van der Waals surface area contributed by atoms with Crippen molar-refractivity contribution in [3.05, 3.63) is 23.8 Å². The molecule has 0 bridgehead atoms. The van der Waals surface area contributed by atoms with Gasteiger partial charge in [-0.1, -0.05) is 13.0 Å². The molecule has 1 heterocycles. The molecule has 24 heavy (non-hydrogen) atoms. The van der Waals surface area contributed by atoms with Crippen molar-refractivity contribution in [1.29, 1.82) is 0 Å². The van der Waals surface area contributed by atoms with Crippen LogP contribution in [0.3, 0.4) is 0 Å². The minimum absolute atomic E-state index is 0.135. The topological polar surface area (TPSA) is 45.2 Å². The summed E-state index contributed by atoms with van der Waals surface area (Å²) in [5, 5.41) is 9.44. The predicted octanol–water partition coefficient (Wildman–Crippen LogP) is 2.37. The Bertz CT molecular complexity index is 495. The average molecular weight is 336 g/mol. The Hall–Kier alpha value is -1.30. The molecule has 1 atom stereocenters. The molecule has 0 amide bonds. The minimum atomic E-state index is 0.135. The second-order valence-electron chi connectivity index (χ2n) is 6.71. The highest BCUT2D eigenvalue weighted by Gasteiger charge is 2.22. The van der Waals surface area contributed by atoms with Gasteiger partial charge in [-0.05, 0) is 38.0 Å². The monoisotopic (exact) mass is 336 g/mol. The Kier molecular flexibility index (Phi) is 7.34. The van der Waals surface area contributed by atoms with Gasteiger partial charge in [0.1, 0.15) is 0 Å². The maximum atomic E-state index is 9.44. The molecule has 1 aliphatic rings. The zero-order valence-electron chi connectivity index (χ0n) is 15.5. The molecule has 5 nitrogen and oxygen atoms in total. The van der Waals surface area contributed by atoms with Gasteiger partial charge in [0.25, 0.3) is 0 Å². The van der Waals surface area contributed by atoms with E-state index < -0.39 is 0 Å². The third-order valence-corrected chi connectivity index (χ3v) is 4.60. The Morgan fingerprint density at radius 3 is 2.38 bits per heavy atom. The molecule has 1 saturated heterocycles. The van der Waals surface area contributed by atoms with Crippen molar-refractivity contribution < 1.29 is 14.6 Å². The molecule has 136 valence electrons. The fourth-order valence-corrected chi connectivity index (χ4v) is 3.21. The van der Waals surface area contributed by atoms with Gasteiger partial charge in [0.2, 0.25) is 0 Å². The lowest BCUT2D eigenvalue weighted by Crippen LogP contribution is -2.50. The van der Waals surface area contributed by atoms with E-state index in [1.54, 1.807) is 7.11 Å². The largest absolute Gasteiger partial charge is 0.493 e. The molecule has 1 aromatic rings. The summed E-state index contributed by atoms with van der Waals surface area (Å²) < 4.78 is 11.3. The predicted molar refractivity (Wildman–Crippen MR) is 96.8 cm³/mol. The molecule has 1 fully saturated rings. The van der Waals surface area contributed by atoms with Gasteiger partial charge in [-0.2, -0.15) is 0 Å². The third kappa shape index (κ3) is 5.10. The number of methoxy groups -OCH3 is 1. The summed E-state index contributed by atoms with van der Waals surface area (Å²) in [6.07, 6.45) is 1.14. The number of rotatable bonds is 8. The van der Waals surface area contributed by atoms with E-state index in [-0.39, 0.29) is 12.7 Å². The van der Waals surface area contributed by atoms with Gasteiger partial charge < -0.3 is 14.6 Å². The van der Waals surface area contributed by atoms with E-state index in [0.717, 1.165) is 50.6 Å². The van der Waals surface area contributed by atoms with Crippen molar-refractivity contribution in [3.63, 3.8) is 0 Å². The van der Waals surface area contributed by atoms with Gasteiger partial charge in [0.15, 0.2) is 11.5 Å². The normalized spacial score (nSPS) is 17.9. The van der Waals surface area contributed by atoms with Crippen molar-refractivity contribution in [2.24, 2.45) is 0 Å². The minimum Gasteiger partial charge on any atom is -0.493 e. The summed E-state index contributed by atoms with van der Waals surface area (Å²) in [6, 6.07) is 6.50. The summed E-state index contributed by atoms with van der Waals surface area (Å²) in [5.41, 5.74) is 1.24. The van der Waals surface area contributed by atoms with Crippen LogP contribution in [0.15, 0.2) is 18.2 Å². The first kappa shape index (κ1) is 19.0. The van der Waals surface area contributed by atoms with Crippen molar-refractivity contribution in [2.75, 3.05) is 39.9 Å². The van der Waals surface area contributed by atoms with Crippen LogP contribution in [-0.4, -0.2) is 66.9 Å². The molecule has 1 N–H and O–H groups in total. The van der Waals surface area contributed by atoms with Crippen molar-refractivity contribution >= 4 is 0 Å². The van der Waals surface area contributed by atoms with E-state index in [1.165, 1.54) is 5.56 Å². The van der Waals surface area contributed by atoms with Crippen molar-refractivity contribution in [1.82, 2.24) is 9.80 Å². The lowest BCUT2D eigenvalue weighted by Gasteiger charge is -2.38. The lowest BCUT2D eigenvalue weighted by atomic mass is 10.1. The van der Waals surface area contributed by atoms with Crippen LogP contribution in [0.2, 0.25) is 0 Å². The summed E-state index contributed by atoms with van der Waals surface area (Å²) in [4.78, 5) is 4.86. The number of hydrogen-bond acceptors (Lipinski definition) is 5. The Morgan fingerprint density at radius 1 is 1.12 bits per heavy atom. The Labute approximate surface area is 146 Å². The van der Waals surface area contributed by atoms with Crippen LogP contribution in [0.1, 0.15) is 32.8 Å². The standard InChI is InChI=1S/C19H32N2O3/c1-5-17(14-22)21-10-8-20(9-11-21)13-16-6-7-18(24-15(2)3)19(12-16)23-4/h6-7,12,15,17,22H,5,8-11,13-14H2,1-4H3. The zero-order valence-corrected chi connectivity index (χ0v) is 15.5. The quantitative estimate of drug-likeness (QED) is 0.790. The molecule has 1 aliphatic heterocycles. The Balaban J connectivity index is 1.92. The summed E-state index contributed by atoms with van der Waals surface area (Å²) >= 11 is 0. The number of nitrogens with zero attached hydrogens (tertiary/aromatic N) is 2. The van der Waals surface area contributed by atoms with Gasteiger partial charge in [-0.15, -0.1) is 0 Å². The van der Waals surface area contributed by atoms with Crippen molar-refractivity contribution in [2.45, 2.75) is 45.9 Å². The van der Waals surface area contributed by atoms with Crippen LogP contribution in [0.25, 0.3) is 0 Å². The van der Waals surface area contributed by atoms with Gasteiger partial charge in [-0.3, -0.25) is 9.80 Å². The molecule has 0 radical (unpaired) electrons. The van der Waals surface area contributed by atoms with Crippen molar-refractivity contribution in [3.8, 4) is 11.5 Å². The second-order valence-corrected chi connectivity index (χ2v) is 6.71. The van der Waals surface area contributed by atoms with E-state index in [9.17, 15) is 5.11 Å². The van der Waals surface area contributed by atoms with Gasteiger partial charge in [0, 0.05) is 38.8 Å². The number of ether oxygens (including phenoxy) is 2. The maximum Gasteiger partial charge on any atom is 0.161 e. The average Bonchev–Trinajstić information content (AvgIpc) is 2.58. The molecule has 0 spiro atoms. The smallest absolute Gasteiger partial charge is 0.161 e. The molecule has 0 aromatic heterocycles. The lowest BCUT2D eigenvalue weighted by molar-refractivity contribution is 0.0608. The maximum absolute atomic E-state index is 9.44. The zero-order chi connectivity index (χ0) is 17.5. The molecular weight excluding hydrogens is 304 g/mol. The van der Waals surface area contributed by atoms with E-state index in [4.69, 9.17) is 9.47 Å². The van der Waals surface area contributed by atoms with E-state index in [1.807, 2.05) is 19.9 Å². The summed E-state index contributed by atoms with van der Waals surface area (Å²) in [7, 11) is 1.69. The Morgan fingerprint density at radius 2 is 1.83 bits per heavy atom.